The Morgan fingerprint density at radius 2 is 1.74 bits per heavy atom. The molecule has 3 fully saturated rings. The van der Waals surface area contributed by atoms with E-state index in [1.54, 1.807) is 7.11 Å². The van der Waals surface area contributed by atoms with Crippen LogP contribution in [0.5, 0.6) is 0 Å². The zero-order valence-electron chi connectivity index (χ0n) is 21.2. The summed E-state index contributed by atoms with van der Waals surface area (Å²) in [7, 11) is 1.76. The van der Waals surface area contributed by atoms with E-state index in [1.807, 2.05) is 0 Å². The maximum absolute atomic E-state index is 9.80. The second-order valence-corrected chi connectivity index (χ2v) is 12.8. The predicted molar refractivity (Wildman–Crippen MR) is 128 cm³/mol. The Morgan fingerprint density at radius 1 is 1.00 bits per heavy atom. The summed E-state index contributed by atoms with van der Waals surface area (Å²) in [4.78, 5) is 0. The van der Waals surface area contributed by atoms with E-state index in [2.05, 4.69) is 40.7 Å². The molecular weight excluding hydrogens is 378 g/mol. The first-order valence-electron chi connectivity index (χ1n) is 13.4. The molecule has 4 aliphatic carbocycles. The highest BCUT2D eigenvalue weighted by Gasteiger charge is 2.60. The Bertz CT molecular complexity index is 732. The van der Waals surface area contributed by atoms with Crippen LogP contribution in [0.15, 0.2) is 11.3 Å². The third kappa shape index (κ3) is 3.87. The molecule has 8 atom stereocenters. The molecule has 0 saturated heterocycles. The van der Waals surface area contributed by atoms with Crippen molar-refractivity contribution >= 4 is 0 Å². The van der Waals surface area contributed by atoms with Gasteiger partial charge in [0.05, 0.1) is 18.8 Å². The van der Waals surface area contributed by atoms with Gasteiger partial charge in [-0.25, -0.2) is 0 Å². The minimum Gasteiger partial charge on any atom is -0.500 e. The summed E-state index contributed by atoms with van der Waals surface area (Å²) in [5.41, 5.74) is 1.80. The standard InChI is InChI=1S/C29H47NO/c1-19(2)8-7-9-20(3)24-12-13-25-23-11-10-22-16-27(31-6)21(18-30)17-29(22,5)26(23)14-15-28(24,25)4/h19-20,22-26H,7-17H2,1-6H3/t20-,22?,23+,24-,25+,26+,28-,29+/m1/s1. The summed E-state index contributed by atoms with van der Waals surface area (Å²) in [5.74, 6) is 6.95. The number of nitrogens with zero attached hydrogens (tertiary/aromatic N) is 1. The van der Waals surface area contributed by atoms with Crippen LogP contribution in [0.2, 0.25) is 0 Å². The minimum atomic E-state index is 0.304. The number of allylic oxidation sites excluding steroid dienone is 2. The van der Waals surface area contributed by atoms with E-state index >= 15 is 0 Å². The zero-order chi connectivity index (χ0) is 22.4. The third-order valence-electron chi connectivity index (χ3n) is 11.0. The van der Waals surface area contributed by atoms with Gasteiger partial charge in [-0.1, -0.05) is 53.9 Å². The average molecular weight is 426 g/mol. The molecule has 174 valence electrons. The SMILES string of the molecule is COC1=C(C#N)C[C@@]2(C)C(CC[C@H]3[C@@H]4CC[C@H]([C@H](C)CCCC(C)C)[C@@]4(C)CC[C@@H]32)C1. The largest absolute Gasteiger partial charge is 0.500 e. The van der Waals surface area contributed by atoms with Crippen LogP contribution in [-0.2, 0) is 4.74 Å². The molecule has 31 heavy (non-hydrogen) atoms. The predicted octanol–water partition coefficient (Wildman–Crippen LogP) is 8.14. The molecule has 4 rings (SSSR count). The van der Waals surface area contributed by atoms with Crippen molar-refractivity contribution in [1.82, 2.24) is 0 Å². The van der Waals surface area contributed by atoms with E-state index in [1.165, 1.54) is 57.8 Å². The number of nitriles is 1. The van der Waals surface area contributed by atoms with E-state index < -0.39 is 0 Å². The quantitative estimate of drug-likeness (QED) is 0.430. The van der Waals surface area contributed by atoms with Gasteiger partial charge in [-0.05, 0) is 97.2 Å². The van der Waals surface area contributed by atoms with Crippen LogP contribution >= 0.6 is 0 Å². The van der Waals surface area contributed by atoms with Crippen LogP contribution in [-0.4, -0.2) is 7.11 Å². The molecule has 0 amide bonds. The van der Waals surface area contributed by atoms with Crippen molar-refractivity contribution in [2.24, 2.45) is 52.3 Å². The molecule has 0 bridgehead atoms. The maximum atomic E-state index is 9.80. The van der Waals surface area contributed by atoms with Gasteiger partial charge in [0.25, 0.3) is 0 Å². The maximum Gasteiger partial charge on any atom is 0.109 e. The van der Waals surface area contributed by atoms with E-state index in [4.69, 9.17) is 4.74 Å². The lowest BCUT2D eigenvalue weighted by atomic mass is 9.44. The topological polar surface area (TPSA) is 33.0 Å². The van der Waals surface area contributed by atoms with Crippen LogP contribution in [0.25, 0.3) is 0 Å². The fourth-order valence-corrected chi connectivity index (χ4v) is 9.31. The first-order chi connectivity index (χ1) is 14.7. The highest BCUT2D eigenvalue weighted by molar-refractivity contribution is 5.31. The number of fused-ring (bicyclic) bond motifs is 5. The van der Waals surface area contributed by atoms with Gasteiger partial charge >= 0.3 is 0 Å². The Labute approximate surface area is 192 Å². The Balaban J connectivity index is 1.51. The summed E-state index contributed by atoms with van der Waals surface area (Å²) >= 11 is 0. The van der Waals surface area contributed by atoms with E-state index in [0.717, 1.165) is 59.7 Å². The van der Waals surface area contributed by atoms with E-state index in [-0.39, 0.29) is 0 Å². The van der Waals surface area contributed by atoms with Gasteiger partial charge in [-0.3, -0.25) is 0 Å². The van der Waals surface area contributed by atoms with E-state index in [0.29, 0.717) is 16.7 Å². The monoisotopic (exact) mass is 425 g/mol. The molecule has 0 radical (unpaired) electrons. The molecule has 3 saturated carbocycles. The van der Waals surface area contributed by atoms with Crippen LogP contribution in [0.4, 0.5) is 0 Å². The number of ether oxygens (including phenoxy) is 1. The highest BCUT2D eigenvalue weighted by Crippen LogP contribution is 2.68. The molecule has 0 aromatic carbocycles. The summed E-state index contributed by atoms with van der Waals surface area (Å²) in [5, 5.41) is 9.80. The fraction of sp³-hybridized carbons (Fsp3) is 0.897. The molecule has 0 aromatic heterocycles. The van der Waals surface area contributed by atoms with Gasteiger partial charge in [0.1, 0.15) is 5.76 Å². The van der Waals surface area contributed by atoms with Crippen LogP contribution in [0, 0.1) is 63.6 Å². The smallest absolute Gasteiger partial charge is 0.109 e. The first-order valence-corrected chi connectivity index (χ1v) is 13.4. The molecule has 0 heterocycles. The molecule has 0 N–H and O–H groups in total. The van der Waals surface area contributed by atoms with Crippen molar-refractivity contribution in [3.63, 3.8) is 0 Å². The fourth-order valence-electron chi connectivity index (χ4n) is 9.31. The van der Waals surface area contributed by atoms with Gasteiger partial charge in [0.15, 0.2) is 0 Å². The Kier molecular flexibility index (Phi) is 6.55. The molecule has 2 heteroatoms. The van der Waals surface area contributed by atoms with Crippen molar-refractivity contribution in [3.05, 3.63) is 11.3 Å². The summed E-state index contributed by atoms with van der Waals surface area (Å²) < 4.78 is 5.65. The highest BCUT2D eigenvalue weighted by atomic mass is 16.5. The lowest BCUT2D eigenvalue weighted by Crippen LogP contribution is -2.53. The van der Waals surface area contributed by atoms with Crippen molar-refractivity contribution in [2.45, 2.75) is 105 Å². The minimum absolute atomic E-state index is 0.304. The molecular formula is C29H47NO. The number of rotatable bonds is 6. The number of hydrogen-bond acceptors (Lipinski definition) is 2. The van der Waals surface area contributed by atoms with Crippen molar-refractivity contribution in [1.29, 1.82) is 5.26 Å². The molecule has 1 unspecified atom stereocenters. The molecule has 4 aliphatic rings. The van der Waals surface area contributed by atoms with Crippen molar-refractivity contribution in [3.8, 4) is 6.07 Å². The molecule has 0 aromatic rings. The Morgan fingerprint density at radius 3 is 2.42 bits per heavy atom. The zero-order valence-corrected chi connectivity index (χ0v) is 21.2. The summed E-state index contributed by atoms with van der Waals surface area (Å²) in [6.07, 6.45) is 14.7. The van der Waals surface area contributed by atoms with E-state index in [9.17, 15) is 5.26 Å². The normalized spacial score (nSPS) is 43.1. The Hall–Kier alpha value is -0.970. The summed E-state index contributed by atoms with van der Waals surface area (Å²) in [6, 6.07) is 2.52. The van der Waals surface area contributed by atoms with Gasteiger partial charge in [0, 0.05) is 6.42 Å². The van der Waals surface area contributed by atoms with Crippen molar-refractivity contribution in [2.75, 3.05) is 7.11 Å². The van der Waals surface area contributed by atoms with Crippen LogP contribution in [0.1, 0.15) is 105 Å². The van der Waals surface area contributed by atoms with Crippen molar-refractivity contribution < 1.29 is 4.74 Å². The third-order valence-corrected chi connectivity index (χ3v) is 11.0. The first kappa shape index (κ1) is 23.2. The molecule has 0 spiro atoms. The second kappa shape index (κ2) is 8.76. The van der Waals surface area contributed by atoms with Crippen LogP contribution < -0.4 is 0 Å². The molecule has 0 aliphatic heterocycles. The van der Waals surface area contributed by atoms with Gasteiger partial charge in [0.2, 0.25) is 0 Å². The number of methoxy groups -OCH3 is 1. The number of hydrogen-bond donors (Lipinski definition) is 0. The van der Waals surface area contributed by atoms with Gasteiger partial charge < -0.3 is 4.74 Å². The lowest BCUT2D eigenvalue weighted by Gasteiger charge is -2.60. The van der Waals surface area contributed by atoms with Gasteiger partial charge in [-0.2, -0.15) is 5.26 Å². The average Bonchev–Trinajstić information content (AvgIpc) is 3.09. The molecule has 2 nitrogen and oxygen atoms in total. The van der Waals surface area contributed by atoms with Crippen LogP contribution in [0.3, 0.4) is 0 Å². The van der Waals surface area contributed by atoms with Gasteiger partial charge in [-0.15, -0.1) is 0 Å². The second-order valence-electron chi connectivity index (χ2n) is 12.8. The lowest BCUT2D eigenvalue weighted by molar-refractivity contribution is -0.105. The summed E-state index contributed by atoms with van der Waals surface area (Å²) in [6.45, 7) is 12.5.